The van der Waals surface area contributed by atoms with Crippen LogP contribution in [0.5, 0.6) is 0 Å². The normalized spacial score (nSPS) is 17.7. The predicted octanol–water partition coefficient (Wildman–Crippen LogP) is 2.09. The van der Waals surface area contributed by atoms with Crippen LogP contribution in [0.15, 0.2) is 4.47 Å². The van der Waals surface area contributed by atoms with Crippen molar-refractivity contribution in [3.63, 3.8) is 0 Å². The molecular weight excluding hydrogens is 320 g/mol. The molecule has 0 radical (unpaired) electrons. The summed E-state index contributed by atoms with van der Waals surface area (Å²) in [6.45, 7) is 8.42. The first-order valence-corrected chi connectivity index (χ1v) is 7.93. The molecule has 1 saturated heterocycles. The maximum Gasteiger partial charge on any atom is 0.270 e. The summed E-state index contributed by atoms with van der Waals surface area (Å²) in [5.41, 5.74) is 1.45. The average Bonchev–Trinajstić information content (AvgIpc) is 2.63. The van der Waals surface area contributed by atoms with Crippen molar-refractivity contribution >= 4 is 21.8 Å². The van der Waals surface area contributed by atoms with Gasteiger partial charge in [0.25, 0.3) is 5.91 Å². The van der Waals surface area contributed by atoms with Gasteiger partial charge in [0.2, 0.25) is 0 Å². The second kappa shape index (κ2) is 6.26. The zero-order valence-corrected chi connectivity index (χ0v) is 14.2. The second-order valence-corrected chi connectivity index (χ2v) is 6.54. The third-order valence-electron chi connectivity index (χ3n) is 3.96. The van der Waals surface area contributed by atoms with Crippen molar-refractivity contribution in [1.82, 2.24) is 20.0 Å². The van der Waals surface area contributed by atoms with Crippen molar-refractivity contribution in [2.45, 2.75) is 45.7 Å². The van der Waals surface area contributed by atoms with E-state index in [0.717, 1.165) is 36.1 Å². The van der Waals surface area contributed by atoms with E-state index < -0.39 is 0 Å². The number of carbonyl (C=O) groups is 1. The molecule has 0 bridgehead atoms. The molecule has 0 aromatic carbocycles. The Kier molecular flexibility index (Phi) is 4.86. The molecule has 1 N–H and O–H groups in total. The van der Waals surface area contributed by atoms with E-state index in [0.29, 0.717) is 11.7 Å². The van der Waals surface area contributed by atoms with Crippen LogP contribution >= 0.6 is 15.9 Å². The van der Waals surface area contributed by atoms with Crippen molar-refractivity contribution in [1.29, 1.82) is 0 Å². The molecule has 0 saturated carbocycles. The molecule has 0 aliphatic carbocycles. The highest BCUT2D eigenvalue weighted by atomic mass is 79.9. The zero-order chi connectivity index (χ0) is 14.9. The first kappa shape index (κ1) is 15.5. The molecule has 1 aliphatic heterocycles. The van der Waals surface area contributed by atoms with Crippen molar-refractivity contribution in [3.05, 3.63) is 15.9 Å². The molecule has 2 heterocycles. The minimum atomic E-state index is -0.0389. The van der Waals surface area contributed by atoms with E-state index in [1.165, 1.54) is 0 Å². The highest BCUT2D eigenvalue weighted by molar-refractivity contribution is 9.10. The predicted molar refractivity (Wildman–Crippen MR) is 82.8 cm³/mol. The number of aryl methyl sites for hydroxylation is 2. The van der Waals surface area contributed by atoms with Crippen LogP contribution < -0.4 is 5.32 Å². The maximum absolute atomic E-state index is 12.4. The number of aromatic nitrogens is 2. The van der Waals surface area contributed by atoms with Gasteiger partial charge in [0.05, 0.1) is 10.2 Å². The Balaban J connectivity index is 1.96. The van der Waals surface area contributed by atoms with Crippen molar-refractivity contribution < 1.29 is 4.79 Å². The lowest BCUT2D eigenvalue weighted by molar-refractivity contribution is 0.0890. The lowest BCUT2D eigenvalue weighted by Gasteiger charge is -2.34. The van der Waals surface area contributed by atoms with Crippen LogP contribution in [0, 0.1) is 6.92 Å². The number of nitrogens with one attached hydrogen (secondary N) is 1. The van der Waals surface area contributed by atoms with Crippen molar-refractivity contribution in [3.8, 4) is 0 Å². The summed E-state index contributed by atoms with van der Waals surface area (Å²) in [5, 5.41) is 7.39. The Morgan fingerprint density at radius 2 is 2.00 bits per heavy atom. The summed E-state index contributed by atoms with van der Waals surface area (Å²) in [7, 11) is 1.80. The molecule has 1 amide bonds. The molecular formula is C14H23BrN4O. The molecule has 112 valence electrons. The number of amides is 1. The molecule has 1 fully saturated rings. The summed E-state index contributed by atoms with van der Waals surface area (Å²) in [6, 6.07) is 0.847. The minimum Gasteiger partial charge on any atom is -0.348 e. The molecule has 5 nitrogen and oxygen atoms in total. The van der Waals surface area contributed by atoms with Crippen LogP contribution in [0.4, 0.5) is 0 Å². The number of carbonyl (C=O) groups excluding carboxylic acids is 1. The van der Waals surface area contributed by atoms with Gasteiger partial charge in [0, 0.05) is 32.2 Å². The van der Waals surface area contributed by atoms with Gasteiger partial charge in [-0.05, 0) is 49.5 Å². The largest absolute Gasteiger partial charge is 0.348 e. The van der Waals surface area contributed by atoms with Crippen LogP contribution in [-0.2, 0) is 7.05 Å². The summed E-state index contributed by atoms with van der Waals surface area (Å²) in [5.74, 6) is -0.0389. The standard InChI is InChI=1S/C14H23BrN4O/c1-9(2)19-7-5-11(6-8-19)16-14(20)13-12(15)10(3)17-18(13)4/h9,11H,5-8H2,1-4H3,(H,16,20). The van der Waals surface area contributed by atoms with Crippen LogP contribution in [0.3, 0.4) is 0 Å². The Hall–Kier alpha value is -0.880. The summed E-state index contributed by atoms with van der Waals surface area (Å²) in [4.78, 5) is 14.8. The van der Waals surface area contributed by atoms with Crippen molar-refractivity contribution in [2.24, 2.45) is 7.05 Å². The van der Waals surface area contributed by atoms with E-state index in [9.17, 15) is 4.79 Å². The smallest absolute Gasteiger partial charge is 0.270 e. The highest BCUT2D eigenvalue weighted by Crippen LogP contribution is 2.21. The highest BCUT2D eigenvalue weighted by Gasteiger charge is 2.25. The first-order chi connectivity index (χ1) is 9.40. The van der Waals surface area contributed by atoms with Gasteiger partial charge in [-0.3, -0.25) is 9.48 Å². The SMILES string of the molecule is Cc1nn(C)c(C(=O)NC2CCN(C(C)C)CC2)c1Br. The van der Waals surface area contributed by atoms with Crippen LogP contribution in [0.2, 0.25) is 0 Å². The first-order valence-electron chi connectivity index (χ1n) is 7.14. The third kappa shape index (κ3) is 3.23. The molecule has 1 aliphatic rings. The van der Waals surface area contributed by atoms with Gasteiger partial charge >= 0.3 is 0 Å². The molecule has 0 spiro atoms. The summed E-state index contributed by atoms with van der Waals surface area (Å²) >= 11 is 3.44. The monoisotopic (exact) mass is 342 g/mol. The molecule has 2 rings (SSSR count). The van der Waals surface area contributed by atoms with Gasteiger partial charge in [0.15, 0.2) is 0 Å². The molecule has 6 heteroatoms. The molecule has 0 atom stereocenters. The van der Waals surface area contributed by atoms with Crippen LogP contribution in [0.1, 0.15) is 42.9 Å². The Morgan fingerprint density at radius 1 is 1.40 bits per heavy atom. The fraction of sp³-hybridized carbons (Fsp3) is 0.714. The van der Waals surface area contributed by atoms with E-state index in [2.05, 4.69) is 45.1 Å². The van der Waals surface area contributed by atoms with Gasteiger partial charge in [0.1, 0.15) is 5.69 Å². The number of piperidine rings is 1. The molecule has 20 heavy (non-hydrogen) atoms. The van der Waals surface area contributed by atoms with Gasteiger partial charge in [-0.15, -0.1) is 0 Å². The van der Waals surface area contributed by atoms with Gasteiger partial charge in [-0.25, -0.2) is 0 Å². The second-order valence-electron chi connectivity index (χ2n) is 5.75. The van der Waals surface area contributed by atoms with E-state index >= 15 is 0 Å². The molecule has 1 aromatic heterocycles. The Morgan fingerprint density at radius 3 is 2.45 bits per heavy atom. The third-order valence-corrected chi connectivity index (χ3v) is 4.91. The number of likely N-dealkylation sites (tertiary alicyclic amines) is 1. The number of hydrogen-bond donors (Lipinski definition) is 1. The van der Waals surface area contributed by atoms with Gasteiger partial charge < -0.3 is 10.2 Å². The van der Waals surface area contributed by atoms with E-state index in [1.54, 1.807) is 11.7 Å². The number of nitrogens with zero attached hydrogens (tertiary/aromatic N) is 3. The number of rotatable bonds is 3. The minimum absolute atomic E-state index is 0.0389. The molecule has 0 unspecified atom stereocenters. The topological polar surface area (TPSA) is 50.2 Å². The van der Waals surface area contributed by atoms with Crippen LogP contribution in [-0.4, -0.2) is 45.8 Å². The fourth-order valence-corrected chi connectivity index (χ4v) is 3.21. The Bertz CT molecular complexity index is 490. The van der Waals surface area contributed by atoms with E-state index in [-0.39, 0.29) is 11.9 Å². The van der Waals surface area contributed by atoms with Crippen molar-refractivity contribution in [2.75, 3.05) is 13.1 Å². The van der Waals surface area contributed by atoms with Gasteiger partial charge in [-0.2, -0.15) is 5.10 Å². The Labute approximate surface area is 128 Å². The lowest BCUT2D eigenvalue weighted by Crippen LogP contribution is -2.46. The summed E-state index contributed by atoms with van der Waals surface area (Å²) in [6.07, 6.45) is 2.02. The van der Waals surface area contributed by atoms with E-state index in [1.807, 2.05) is 6.92 Å². The quantitative estimate of drug-likeness (QED) is 0.914. The number of halogens is 1. The zero-order valence-electron chi connectivity index (χ0n) is 12.6. The van der Waals surface area contributed by atoms with Gasteiger partial charge in [-0.1, -0.05) is 0 Å². The maximum atomic E-state index is 12.4. The van der Waals surface area contributed by atoms with E-state index in [4.69, 9.17) is 0 Å². The van der Waals surface area contributed by atoms with Crippen LogP contribution in [0.25, 0.3) is 0 Å². The fourth-order valence-electron chi connectivity index (χ4n) is 2.69. The molecule has 1 aromatic rings. The lowest BCUT2D eigenvalue weighted by atomic mass is 10.0. The number of hydrogen-bond acceptors (Lipinski definition) is 3. The average molecular weight is 343 g/mol. The summed E-state index contributed by atoms with van der Waals surface area (Å²) < 4.78 is 2.43.